The average molecular weight is 452 g/mol. The van der Waals surface area contributed by atoms with E-state index in [1.165, 1.54) is 18.9 Å². The Morgan fingerprint density at radius 3 is 2.28 bits per heavy atom. The highest BCUT2D eigenvalue weighted by atomic mass is 32.2. The molecule has 0 spiro atoms. The minimum absolute atomic E-state index is 0.0505. The molecule has 32 heavy (non-hydrogen) atoms. The number of methoxy groups -OCH3 is 2. The number of hydrogen-bond donors (Lipinski definition) is 0. The number of ether oxygens (including phenoxy) is 2. The second kappa shape index (κ2) is 8.43. The highest BCUT2D eigenvalue weighted by molar-refractivity contribution is 8.19. The molecular weight excluding hydrogens is 430 g/mol. The third-order valence-corrected chi connectivity index (χ3v) is 6.12. The van der Waals surface area contributed by atoms with Gasteiger partial charge in [0.25, 0.3) is 16.7 Å². The molecule has 0 atom stereocenters. The van der Waals surface area contributed by atoms with Gasteiger partial charge in [0, 0.05) is 7.05 Å². The lowest BCUT2D eigenvalue weighted by atomic mass is 10.2. The summed E-state index contributed by atoms with van der Waals surface area (Å²) in [5, 5.41) is -0.521. The Bertz CT molecular complexity index is 1310. The highest BCUT2D eigenvalue weighted by Crippen LogP contribution is 2.37. The van der Waals surface area contributed by atoms with Gasteiger partial charge in [-0.1, -0.05) is 24.3 Å². The van der Waals surface area contributed by atoms with Crippen molar-refractivity contribution in [2.24, 2.45) is 7.05 Å². The maximum absolute atomic E-state index is 13.2. The van der Waals surface area contributed by atoms with Gasteiger partial charge in [-0.2, -0.15) is 0 Å². The molecule has 1 fully saturated rings. The number of imide groups is 1. The molecule has 4 rings (SSSR count). The summed E-state index contributed by atoms with van der Waals surface area (Å²) in [6, 6.07) is 14.2. The molecule has 2 heterocycles. The summed E-state index contributed by atoms with van der Waals surface area (Å²) >= 11 is 0.792. The standard InChI is InChI=1S/C23H21N3O5S/c1-14-20(22(28)26(24(14)2)16-8-6-5-7-9-16)25-21(27)19(32-23(25)29)13-15-10-11-17(30-3)18(12-15)31-4/h5-13H,1-4H3/b19-13+. The molecule has 164 valence electrons. The highest BCUT2D eigenvalue weighted by Gasteiger charge is 2.40. The molecule has 2 aromatic carbocycles. The smallest absolute Gasteiger partial charge is 0.298 e. The van der Waals surface area contributed by atoms with Crippen LogP contribution in [0.15, 0.2) is 58.2 Å². The van der Waals surface area contributed by atoms with Crippen LogP contribution in [0.5, 0.6) is 11.5 Å². The molecule has 1 aliphatic rings. The number of amides is 2. The van der Waals surface area contributed by atoms with E-state index >= 15 is 0 Å². The van der Waals surface area contributed by atoms with Crippen molar-refractivity contribution in [1.29, 1.82) is 0 Å². The molecule has 2 amide bonds. The van der Waals surface area contributed by atoms with Crippen molar-refractivity contribution in [2.45, 2.75) is 6.92 Å². The van der Waals surface area contributed by atoms with E-state index in [1.54, 1.807) is 55.1 Å². The lowest BCUT2D eigenvalue weighted by Gasteiger charge is -2.10. The molecule has 0 N–H and O–H groups in total. The van der Waals surface area contributed by atoms with Gasteiger partial charge in [-0.25, -0.2) is 9.58 Å². The van der Waals surface area contributed by atoms with Crippen molar-refractivity contribution in [3.8, 4) is 17.2 Å². The number of benzene rings is 2. The van der Waals surface area contributed by atoms with Gasteiger partial charge in [0.05, 0.1) is 30.5 Å². The van der Waals surface area contributed by atoms with Crippen LogP contribution in [0.3, 0.4) is 0 Å². The summed E-state index contributed by atoms with van der Waals surface area (Å²) in [7, 11) is 4.77. The summed E-state index contributed by atoms with van der Waals surface area (Å²) in [6.45, 7) is 1.71. The van der Waals surface area contributed by atoms with Crippen molar-refractivity contribution in [1.82, 2.24) is 9.36 Å². The molecule has 0 bridgehead atoms. The fourth-order valence-corrected chi connectivity index (χ4v) is 4.39. The molecule has 0 saturated carbocycles. The molecule has 9 heteroatoms. The molecule has 1 aromatic heterocycles. The molecule has 0 radical (unpaired) electrons. The first-order chi connectivity index (χ1) is 15.4. The fraction of sp³-hybridized carbons (Fsp3) is 0.174. The first-order valence-electron chi connectivity index (χ1n) is 9.71. The molecule has 8 nitrogen and oxygen atoms in total. The largest absolute Gasteiger partial charge is 0.493 e. The Morgan fingerprint density at radius 2 is 1.62 bits per heavy atom. The van der Waals surface area contributed by atoms with Gasteiger partial charge in [0.15, 0.2) is 11.5 Å². The second-order valence-electron chi connectivity index (χ2n) is 7.04. The first kappa shape index (κ1) is 21.5. The maximum Gasteiger partial charge on any atom is 0.298 e. The number of hydrogen-bond acceptors (Lipinski definition) is 6. The predicted octanol–water partition coefficient (Wildman–Crippen LogP) is 3.74. The SMILES string of the molecule is COc1ccc(/C=C2/SC(=O)N(c3c(C)n(C)n(-c4ccccc4)c3=O)C2=O)cc1OC. The van der Waals surface area contributed by atoms with Crippen LogP contribution in [0, 0.1) is 6.92 Å². The topological polar surface area (TPSA) is 82.8 Å². The van der Waals surface area contributed by atoms with E-state index in [1.807, 2.05) is 18.2 Å². The van der Waals surface area contributed by atoms with E-state index in [2.05, 4.69) is 0 Å². The zero-order chi connectivity index (χ0) is 23.0. The van der Waals surface area contributed by atoms with Gasteiger partial charge in [-0.05, 0) is 54.6 Å². The van der Waals surface area contributed by atoms with Crippen LogP contribution in [0.1, 0.15) is 11.3 Å². The number of anilines is 1. The van der Waals surface area contributed by atoms with Crippen molar-refractivity contribution in [2.75, 3.05) is 19.1 Å². The zero-order valence-corrected chi connectivity index (χ0v) is 18.8. The van der Waals surface area contributed by atoms with Crippen LogP contribution < -0.4 is 19.9 Å². The number of para-hydroxylation sites is 1. The molecular formula is C23H21N3O5S. The number of aromatic nitrogens is 2. The first-order valence-corrected chi connectivity index (χ1v) is 10.5. The summed E-state index contributed by atoms with van der Waals surface area (Å²) < 4.78 is 13.6. The van der Waals surface area contributed by atoms with Crippen LogP contribution in [0.2, 0.25) is 0 Å². The minimum Gasteiger partial charge on any atom is -0.493 e. The van der Waals surface area contributed by atoms with Gasteiger partial charge < -0.3 is 9.47 Å². The van der Waals surface area contributed by atoms with Gasteiger partial charge in [-0.3, -0.25) is 19.1 Å². The van der Waals surface area contributed by atoms with Crippen molar-refractivity contribution >= 4 is 34.7 Å². The molecule has 1 aliphatic heterocycles. The lowest BCUT2D eigenvalue weighted by Crippen LogP contribution is -2.33. The third kappa shape index (κ3) is 3.50. The average Bonchev–Trinajstić information content (AvgIpc) is 3.19. The zero-order valence-electron chi connectivity index (χ0n) is 18.0. The van der Waals surface area contributed by atoms with E-state index in [0.717, 1.165) is 16.7 Å². The van der Waals surface area contributed by atoms with Gasteiger partial charge >= 0.3 is 0 Å². The van der Waals surface area contributed by atoms with Crippen molar-refractivity contribution in [3.05, 3.63) is 75.0 Å². The normalized spacial score (nSPS) is 15.0. The van der Waals surface area contributed by atoms with Gasteiger partial charge in [-0.15, -0.1) is 0 Å². The van der Waals surface area contributed by atoms with Gasteiger partial charge in [0.1, 0.15) is 5.69 Å². The van der Waals surface area contributed by atoms with Crippen LogP contribution in [-0.4, -0.2) is 34.7 Å². The van der Waals surface area contributed by atoms with E-state index in [4.69, 9.17) is 9.47 Å². The fourth-order valence-electron chi connectivity index (χ4n) is 3.57. The van der Waals surface area contributed by atoms with E-state index in [-0.39, 0.29) is 10.6 Å². The summed E-state index contributed by atoms with van der Waals surface area (Å²) in [5.41, 5.74) is 1.43. The van der Waals surface area contributed by atoms with E-state index < -0.39 is 16.7 Å². The predicted molar refractivity (Wildman–Crippen MR) is 124 cm³/mol. The van der Waals surface area contributed by atoms with E-state index in [9.17, 15) is 14.4 Å². The number of carbonyl (C=O) groups excluding carboxylic acids is 2. The van der Waals surface area contributed by atoms with Crippen LogP contribution in [-0.2, 0) is 11.8 Å². The summed E-state index contributed by atoms with van der Waals surface area (Å²) in [5.74, 6) is 0.519. The van der Waals surface area contributed by atoms with Crippen molar-refractivity contribution in [3.63, 3.8) is 0 Å². The van der Waals surface area contributed by atoms with Crippen LogP contribution in [0.25, 0.3) is 11.8 Å². The van der Waals surface area contributed by atoms with Gasteiger partial charge in [0.2, 0.25) is 0 Å². The van der Waals surface area contributed by atoms with E-state index in [0.29, 0.717) is 28.4 Å². The Morgan fingerprint density at radius 1 is 0.938 bits per heavy atom. The monoisotopic (exact) mass is 451 g/mol. The lowest BCUT2D eigenvalue weighted by molar-refractivity contribution is -0.113. The van der Waals surface area contributed by atoms with Crippen LogP contribution in [0.4, 0.5) is 10.5 Å². The van der Waals surface area contributed by atoms with Crippen LogP contribution >= 0.6 is 11.8 Å². The minimum atomic E-state index is -0.541. The maximum atomic E-state index is 13.2. The quantitative estimate of drug-likeness (QED) is 0.550. The molecule has 0 aliphatic carbocycles. The molecule has 0 unspecified atom stereocenters. The summed E-state index contributed by atoms with van der Waals surface area (Å²) in [6.07, 6.45) is 1.60. The number of carbonyl (C=O) groups is 2. The number of rotatable bonds is 5. The Balaban J connectivity index is 1.75. The second-order valence-corrected chi connectivity index (χ2v) is 8.03. The number of thioether (sulfide) groups is 1. The summed E-state index contributed by atoms with van der Waals surface area (Å²) in [4.78, 5) is 40.4. The Kier molecular flexibility index (Phi) is 5.67. The molecule has 1 saturated heterocycles. The third-order valence-electron chi connectivity index (χ3n) is 5.25. The molecule has 3 aromatic rings. The van der Waals surface area contributed by atoms with Crippen molar-refractivity contribution < 1.29 is 19.1 Å². The Hall–Kier alpha value is -3.72. The number of nitrogens with zero attached hydrogens (tertiary/aromatic N) is 3. The Labute approximate surface area is 188 Å².